The molecule has 2 N–H and O–H groups in total. The highest BCUT2D eigenvalue weighted by molar-refractivity contribution is 5.92. The lowest BCUT2D eigenvalue weighted by Crippen LogP contribution is -2.45. The third kappa shape index (κ3) is 6.02. The van der Waals surface area contributed by atoms with Crippen LogP contribution in [0.15, 0.2) is 10.6 Å². The third-order valence-corrected chi connectivity index (χ3v) is 3.17. The molecule has 0 saturated carbocycles. The van der Waals surface area contributed by atoms with Gasteiger partial charge in [-0.1, -0.05) is 39.8 Å². The first kappa shape index (κ1) is 19.7. The van der Waals surface area contributed by atoms with Crippen molar-refractivity contribution in [2.45, 2.75) is 53.0 Å². The SMILES string of the molecule is CC(=O)N[C@H](C(=O)OCC(=O)Nc1cc(C(C)(C)C)no1)C(C)C. The van der Waals surface area contributed by atoms with Gasteiger partial charge in [-0.25, -0.2) is 4.79 Å². The Balaban J connectivity index is 2.55. The van der Waals surface area contributed by atoms with E-state index in [1.54, 1.807) is 19.9 Å². The second-order valence-electron chi connectivity index (χ2n) is 6.90. The Bertz CT molecular complexity index is 601. The first-order valence-electron chi connectivity index (χ1n) is 7.71. The number of carbonyl (C=O) groups is 3. The summed E-state index contributed by atoms with van der Waals surface area (Å²) < 4.78 is 9.97. The lowest BCUT2D eigenvalue weighted by Gasteiger charge is -2.19. The van der Waals surface area contributed by atoms with E-state index in [-0.39, 0.29) is 23.1 Å². The molecule has 8 heteroatoms. The summed E-state index contributed by atoms with van der Waals surface area (Å²) in [6.45, 7) is 10.3. The number of rotatable bonds is 6. The maximum absolute atomic E-state index is 12.0. The van der Waals surface area contributed by atoms with Gasteiger partial charge in [0.15, 0.2) is 6.61 Å². The van der Waals surface area contributed by atoms with Crippen LogP contribution in [0.25, 0.3) is 0 Å². The van der Waals surface area contributed by atoms with Crippen LogP contribution in [0, 0.1) is 5.92 Å². The van der Waals surface area contributed by atoms with Gasteiger partial charge in [-0.05, 0) is 5.92 Å². The maximum atomic E-state index is 12.0. The zero-order valence-electron chi connectivity index (χ0n) is 14.9. The maximum Gasteiger partial charge on any atom is 0.329 e. The molecule has 1 atom stereocenters. The fourth-order valence-electron chi connectivity index (χ4n) is 1.80. The van der Waals surface area contributed by atoms with Gasteiger partial charge in [0.1, 0.15) is 6.04 Å². The van der Waals surface area contributed by atoms with Crippen LogP contribution in [0.1, 0.15) is 47.2 Å². The summed E-state index contributed by atoms with van der Waals surface area (Å²) in [6.07, 6.45) is 0. The van der Waals surface area contributed by atoms with Crippen LogP contribution < -0.4 is 10.6 Å². The number of ether oxygens (including phenoxy) is 1. The van der Waals surface area contributed by atoms with E-state index in [1.165, 1.54) is 6.92 Å². The molecule has 0 radical (unpaired) electrons. The highest BCUT2D eigenvalue weighted by atomic mass is 16.5. The van der Waals surface area contributed by atoms with Crippen molar-refractivity contribution in [1.29, 1.82) is 0 Å². The monoisotopic (exact) mass is 339 g/mol. The lowest BCUT2D eigenvalue weighted by atomic mass is 9.92. The van der Waals surface area contributed by atoms with E-state index in [0.717, 1.165) is 0 Å². The number of hydrogen-bond acceptors (Lipinski definition) is 6. The van der Waals surface area contributed by atoms with Gasteiger partial charge in [-0.15, -0.1) is 0 Å². The van der Waals surface area contributed by atoms with Crippen LogP contribution in [-0.4, -0.2) is 35.6 Å². The van der Waals surface area contributed by atoms with Crippen LogP contribution in [0.2, 0.25) is 0 Å². The largest absolute Gasteiger partial charge is 0.454 e. The standard InChI is InChI=1S/C16H25N3O5/c1-9(2)14(17-10(3)20)15(22)23-8-12(21)18-13-7-11(19-24-13)16(4,5)6/h7,9,14H,8H2,1-6H3,(H,17,20)(H,18,21)/t14-/m0/s1. The Morgan fingerprint density at radius 3 is 2.38 bits per heavy atom. The molecule has 0 fully saturated rings. The minimum atomic E-state index is -0.798. The Labute approximate surface area is 141 Å². The van der Waals surface area contributed by atoms with E-state index >= 15 is 0 Å². The van der Waals surface area contributed by atoms with Crippen LogP contribution in [0.3, 0.4) is 0 Å². The van der Waals surface area contributed by atoms with E-state index in [2.05, 4.69) is 15.8 Å². The van der Waals surface area contributed by atoms with E-state index < -0.39 is 24.5 Å². The topological polar surface area (TPSA) is 111 Å². The smallest absolute Gasteiger partial charge is 0.329 e. The first-order chi connectivity index (χ1) is 11.0. The normalized spacial score (nSPS) is 12.6. The molecule has 24 heavy (non-hydrogen) atoms. The van der Waals surface area contributed by atoms with E-state index in [0.29, 0.717) is 5.69 Å². The molecule has 8 nitrogen and oxygen atoms in total. The number of anilines is 1. The molecular formula is C16H25N3O5. The third-order valence-electron chi connectivity index (χ3n) is 3.17. The molecule has 0 saturated heterocycles. The van der Waals surface area contributed by atoms with Gasteiger partial charge in [0, 0.05) is 18.4 Å². The number of nitrogens with zero attached hydrogens (tertiary/aromatic N) is 1. The van der Waals surface area contributed by atoms with Crippen molar-refractivity contribution in [3.8, 4) is 0 Å². The van der Waals surface area contributed by atoms with Gasteiger partial charge < -0.3 is 14.6 Å². The average molecular weight is 339 g/mol. The Morgan fingerprint density at radius 1 is 1.29 bits per heavy atom. The van der Waals surface area contributed by atoms with E-state index in [1.807, 2.05) is 20.8 Å². The molecule has 0 aliphatic heterocycles. The lowest BCUT2D eigenvalue weighted by molar-refractivity contribution is -0.151. The van der Waals surface area contributed by atoms with Crippen LogP contribution >= 0.6 is 0 Å². The summed E-state index contributed by atoms with van der Waals surface area (Å²) in [5.74, 6) is -1.53. The highest BCUT2D eigenvalue weighted by Crippen LogP contribution is 2.23. The number of carbonyl (C=O) groups excluding carboxylic acids is 3. The van der Waals surface area contributed by atoms with Crippen LogP contribution in [-0.2, 0) is 24.5 Å². The van der Waals surface area contributed by atoms with Gasteiger partial charge in [0.2, 0.25) is 11.8 Å². The molecule has 1 aromatic heterocycles. The molecule has 0 bridgehead atoms. The van der Waals surface area contributed by atoms with Crippen molar-refractivity contribution in [3.05, 3.63) is 11.8 Å². The molecule has 0 aliphatic rings. The van der Waals surface area contributed by atoms with Gasteiger partial charge in [0.25, 0.3) is 5.91 Å². The Hall–Kier alpha value is -2.38. The second kappa shape index (κ2) is 7.94. The molecule has 0 aromatic carbocycles. The summed E-state index contributed by atoms with van der Waals surface area (Å²) in [5, 5.41) is 8.84. The predicted octanol–water partition coefficient (Wildman–Crippen LogP) is 1.61. The number of esters is 1. The number of amides is 2. The molecule has 1 aromatic rings. The fourth-order valence-corrected chi connectivity index (χ4v) is 1.80. The molecule has 0 spiro atoms. The van der Waals surface area contributed by atoms with Gasteiger partial charge in [0.05, 0.1) is 5.69 Å². The molecule has 134 valence electrons. The summed E-state index contributed by atoms with van der Waals surface area (Å²) >= 11 is 0. The van der Waals surface area contributed by atoms with Crippen LogP contribution in [0.5, 0.6) is 0 Å². The first-order valence-corrected chi connectivity index (χ1v) is 7.71. The average Bonchev–Trinajstić information content (AvgIpc) is 2.90. The predicted molar refractivity (Wildman–Crippen MR) is 87.2 cm³/mol. The number of nitrogens with one attached hydrogen (secondary N) is 2. The fraction of sp³-hybridized carbons (Fsp3) is 0.625. The van der Waals surface area contributed by atoms with Crippen molar-refractivity contribution in [2.24, 2.45) is 5.92 Å². The van der Waals surface area contributed by atoms with Gasteiger partial charge in [-0.2, -0.15) is 0 Å². The highest BCUT2D eigenvalue weighted by Gasteiger charge is 2.25. The Kier molecular flexibility index (Phi) is 6.51. The van der Waals surface area contributed by atoms with E-state index in [9.17, 15) is 14.4 Å². The van der Waals surface area contributed by atoms with Crippen LogP contribution in [0.4, 0.5) is 5.88 Å². The summed E-state index contributed by atoms with van der Waals surface area (Å²) in [4.78, 5) is 34.9. The molecule has 2 amide bonds. The minimum absolute atomic E-state index is 0.159. The van der Waals surface area contributed by atoms with E-state index in [4.69, 9.17) is 9.26 Å². The van der Waals surface area contributed by atoms with Crippen molar-refractivity contribution >= 4 is 23.7 Å². The number of aromatic nitrogens is 1. The second-order valence-corrected chi connectivity index (χ2v) is 6.90. The zero-order valence-corrected chi connectivity index (χ0v) is 14.9. The van der Waals surface area contributed by atoms with Crippen molar-refractivity contribution in [2.75, 3.05) is 11.9 Å². The van der Waals surface area contributed by atoms with Crippen molar-refractivity contribution < 1.29 is 23.6 Å². The minimum Gasteiger partial charge on any atom is -0.454 e. The quantitative estimate of drug-likeness (QED) is 0.762. The van der Waals surface area contributed by atoms with Gasteiger partial charge >= 0.3 is 5.97 Å². The summed E-state index contributed by atoms with van der Waals surface area (Å²) in [6, 6.07) is 0.821. The molecule has 1 rings (SSSR count). The summed E-state index contributed by atoms with van der Waals surface area (Å²) in [5.41, 5.74) is 0.488. The molecule has 1 heterocycles. The molecule has 0 unspecified atom stereocenters. The molecule has 0 aliphatic carbocycles. The van der Waals surface area contributed by atoms with Crippen molar-refractivity contribution in [1.82, 2.24) is 10.5 Å². The number of hydrogen-bond donors (Lipinski definition) is 2. The Morgan fingerprint density at radius 2 is 1.92 bits per heavy atom. The zero-order chi connectivity index (χ0) is 18.5. The molecular weight excluding hydrogens is 314 g/mol. The van der Waals surface area contributed by atoms with Gasteiger partial charge in [-0.3, -0.25) is 14.9 Å². The van der Waals surface area contributed by atoms with Crippen molar-refractivity contribution in [3.63, 3.8) is 0 Å². The summed E-state index contributed by atoms with van der Waals surface area (Å²) in [7, 11) is 0.